The summed E-state index contributed by atoms with van der Waals surface area (Å²) < 4.78 is 18.8. The van der Waals surface area contributed by atoms with Crippen LogP contribution in [-0.4, -0.2) is 13.2 Å². The van der Waals surface area contributed by atoms with E-state index in [4.69, 9.17) is 4.74 Å². The Bertz CT molecular complexity index is 654. The number of methoxy groups -OCH3 is 1. The zero-order valence-corrected chi connectivity index (χ0v) is 12.4. The van der Waals surface area contributed by atoms with E-state index in [0.29, 0.717) is 12.5 Å². The molecule has 1 aliphatic heterocycles. The van der Waals surface area contributed by atoms with Gasteiger partial charge in [-0.15, -0.1) is 0 Å². The molecule has 0 radical (unpaired) electrons. The molecule has 0 aliphatic carbocycles. The van der Waals surface area contributed by atoms with Gasteiger partial charge in [0.1, 0.15) is 11.6 Å². The van der Waals surface area contributed by atoms with Crippen LogP contribution in [0.2, 0.25) is 0 Å². The summed E-state index contributed by atoms with van der Waals surface area (Å²) in [6.07, 6.45) is 2.93. The number of rotatable bonds is 3. The number of anilines is 1. The van der Waals surface area contributed by atoms with Gasteiger partial charge in [0.15, 0.2) is 0 Å². The molecule has 1 N–H and O–H groups in total. The molecule has 110 valence electrons. The maximum absolute atomic E-state index is 13.4. The van der Waals surface area contributed by atoms with Gasteiger partial charge in [-0.1, -0.05) is 12.1 Å². The molecule has 2 aromatic rings. The van der Waals surface area contributed by atoms with Crippen molar-refractivity contribution in [3.63, 3.8) is 0 Å². The molecule has 0 saturated heterocycles. The third kappa shape index (κ3) is 3.02. The van der Waals surface area contributed by atoms with Crippen LogP contribution in [-0.2, 0) is 12.8 Å². The summed E-state index contributed by atoms with van der Waals surface area (Å²) in [6.45, 7) is 2.20. The minimum atomic E-state index is -0.223. The van der Waals surface area contributed by atoms with Crippen LogP contribution < -0.4 is 10.1 Å². The lowest BCUT2D eigenvalue weighted by Crippen LogP contribution is -2.21. The van der Waals surface area contributed by atoms with E-state index in [1.807, 2.05) is 0 Å². The Morgan fingerprint density at radius 2 is 2.10 bits per heavy atom. The number of hydrogen-bond donors (Lipinski definition) is 1. The normalized spacial score (nSPS) is 17.0. The molecular formula is C18H20FNO. The minimum absolute atomic E-state index is 0.223. The van der Waals surface area contributed by atoms with Crippen LogP contribution in [0.3, 0.4) is 0 Å². The first kappa shape index (κ1) is 13.9. The van der Waals surface area contributed by atoms with Crippen molar-refractivity contribution in [3.05, 3.63) is 58.9 Å². The number of benzene rings is 2. The highest BCUT2D eigenvalue weighted by atomic mass is 19.1. The highest BCUT2D eigenvalue weighted by Crippen LogP contribution is 2.28. The second kappa shape index (κ2) is 5.76. The van der Waals surface area contributed by atoms with Crippen molar-refractivity contribution in [3.8, 4) is 5.75 Å². The molecule has 0 saturated carbocycles. The molecule has 0 bridgehead atoms. The highest BCUT2D eigenvalue weighted by Gasteiger charge is 2.14. The lowest BCUT2D eigenvalue weighted by atomic mass is 9.95. The van der Waals surface area contributed by atoms with Gasteiger partial charge in [-0.2, -0.15) is 0 Å². The SMILES string of the molecule is COc1ccc(F)cc1Cc1ccc2c(c1)CCC(C)N2. The summed E-state index contributed by atoms with van der Waals surface area (Å²) in [5, 5.41) is 3.50. The molecule has 0 spiro atoms. The lowest BCUT2D eigenvalue weighted by molar-refractivity contribution is 0.409. The number of ether oxygens (including phenoxy) is 1. The Morgan fingerprint density at radius 3 is 2.90 bits per heavy atom. The molecule has 1 atom stereocenters. The van der Waals surface area contributed by atoms with Crippen LogP contribution in [0.1, 0.15) is 30.0 Å². The maximum Gasteiger partial charge on any atom is 0.123 e. The summed E-state index contributed by atoms with van der Waals surface area (Å²) in [5.74, 6) is 0.514. The van der Waals surface area contributed by atoms with Gasteiger partial charge in [-0.25, -0.2) is 4.39 Å². The molecule has 3 heteroatoms. The standard InChI is InChI=1S/C18H20FNO/c1-12-3-5-14-9-13(4-7-17(14)20-12)10-15-11-16(19)6-8-18(15)21-2/h4,6-9,11-12,20H,3,5,10H2,1-2H3. The lowest BCUT2D eigenvalue weighted by Gasteiger charge is -2.24. The topological polar surface area (TPSA) is 21.3 Å². The fraction of sp³-hybridized carbons (Fsp3) is 0.333. The van der Waals surface area contributed by atoms with Crippen molar-refractivity contribution >= 4 is 5.69 Å². The van der Waals surface area contributed by atoms with Crippen LogP contribution >= 0.6 is 0 Å². The Balaban J connectivity index is 1.87. The molecule has 1 unspecified atom stereocenters. The van der Waals surface area contributed by atoms with Gasteiger partial charge in [-0.3, -0.25) is 0 Å². The van der Waals surface area contributed by atoms with Crippen LogP contribution in [0.4, 0.5) is 10.1 Å². The van der Waals surface area contributed by atoms with E-state index in [1.165, 1.54) is 22.9 Å². The van der Waals surface area contributed by atoms with Gasteiger partial charge in [-0.05, 0) is 55.2 Å². The van der Waals surface area contributed by atoms with Crippen molar-refractivity contribution in [1.29, 1.82) is 0 Å². The third-order valence-corrected chi connectivity index (χ3v) is 4.06. The quantitative estimate of drug-likeness (QED) is 0.913. The Kier molecular flexibility index (Phi) is 3.82. The van der Waals surface area contributed by atoms with E-state index in [-0.39, 0.29) is 5.82 Å². The van der Waals surface area contributed by atoms with Crippen molar-refractivity contribution in [2.24, 2.45) is 0 Å². The van der Waals surface area contributed by atoms with E-state index < -0.39 is 0 Å². The summed E-state index contributed by atoms with van der Waals surface area (Å²) in [7, 11) is 1.62. The van der Waals surface area contributed by atoms with Gasteiger partial charge < -0.3 is 10.1 Å². The van der Waals surface area contributed by atoms with Gasteiger partial charge in [0.05, 0.1) is 7.11 Å². The van der Waals surface area contributed by atoms with E-state index in [2.05, 4.69) is 30.4 Å². The van der Waals surface area contributed by atoms with Gasteiger partial charge in [0.2, 0.25) is 0 Å². The van der Waals surface area contributed by atoms with E-state index in [1.54, 1.807) is 19.2 Å². The number of fused-ring (bicyclic) bond motifs is 1. The Morgan fingerprint density at radius 1 is 1.24 bits per heavy atom. The summed E-state index contributed by atoms with van der Waals surface area (Å²) >= 11 is 0. The van der Waals surface area contributed by atoms with Crippen LogP contribution in [0.5, 0.6) is 5.75 Å². The fourth-order valence-electron chi connectivity index (χ4n) is 2.92. The molecule has 2 nitrogen and oxygen atoms in total. The molecule has 0 fully saturated rings. The first-order valence-electron chi connectivity index (χ1n) is 7.36. The molecule has 2 aromatic carbocycles. The molecular weight excluding hydrogens is 265 g/mol. The Labute approximate surface area is 125 Å². The predicted octanol–water partition coefficient (Wildman–Crippen LogP) is 4.17. The van der Waals surface area contributed by atoms with Crippen LogP contribution in [0.25, 0.3) is 0 Å². The van der Waals surface area contributed by atoms with Gasteiger partial charge in [0.25, 0.3) is 0 Å². The average molecular weight is 285 g/mol. The monoisotopic (exact) mass is 285 g/mol. The van der Waals surface area contributed by atoms with E-state index in [9.17, 15) is 4.39 Å². The van der Waals surface area contributed by atoms with Crippen molar-refractivity contribution in [2.75, 3.05) is 12.4 Å². The smallest absolute Gasteiger partial charge is 0.123 e. The zero-order valence-electron chi connectivity index (χ0n) is 12.4. The molecule has 1 heterocycles. The maximum atomic E-state index is 13.4. The second-order valence-corrected chi connectivity index (χ2v) is 5.71. The fourth-order valence-corrected chi connectivity index (χ4v) is 2.92. The largest absolute Gasteiger partial charge is 0.496 e. The number of nitrogens with one attached hydrogen (secondary N) is 1. The molecule has 21 heavy (non-hydrogen) atoms. The predicted molar refractivity (Wildman–Crippen MR) is 83.6 cm³/mol. The van der Waals surface area contributed by atoms with Crippen molar-refractivity contribution in [1.82, 2.24) is 0 Å². The van der Waals surface area contributed by atoms with E-state index in [0.717, 1.165) is 24.2 Å². The van der Waals surface area contributed by atoms with Crippen LogP contribution in [0, 0.1) is 5.82 Å². The first-order chi connectivity index (χ1) is 10.2. The molecule has 3 rings (SSSR count). The Hall–Kier alpha value is -2.03. The first-order valence-corrected chi connectivity index (χ1v) is 7.36. The summed E-state index contributed by atoms with van der Waals surface area (Å²) in [6, 6.07) is 11.7. The number of hydrogen-bond acceptors (Lipinski definition) is 2. The van der Waals surface area contributed by atoms with Crippen molar-refractivity contribution in [2.45, 2.75) is 32.2 Å². The second-order valence-electron chi connectivity index (χ2n) is 5.71. The molecule has 0 amide bonds. The minimum Gasteiger partial charge on any atom is -0.496 e. The summed E-state index contributed by atoms with van der Waals surface area (Å²) in [4.78, 5) is 0. The van der Waals surface area contributed by atoms with Crippen LogP contribution in [0.15, 0.2) is 36.4 Å². The van der Waals surface area contributed by atoms with E-state index >= 15 is 0 Å². The van der Waals surface area contributed by atoms with Gasteiger partial charge in [0, 0.05) is 23.7 Å². The van der Waals surface area contributed by atoms with Gasteiger partial charge >= 0.3 is 0 Å². The average Bonchev–Trinajstić information content (AvgIpc) is 2.48. The third-order valence-electron chi connectivity index (χ3n) is 4.06. The number of halogens is 1. The van der Waals surface area contributed by atoms with Crippen molar-refractivity contribution < 1.29 is 9.13 Å². The number of aryl methyl sites for hydroxylation is 1. The zero-order chi connectivity index (χ0) is 14.8. The molecule has 1 aliphatic rings. The summed E-state index contributed by atoms with van der Waals surface area (Å²) in [5.41, 5.74) is 4.65. The molecule has 0 aromatic heterocycles. The highest BCUT2D eigenvalue weighted by molar-refractivity contribution is 5.56.